The van der Waals surface area contributed by atoms with Crippen molar-refractivity contribution in [2.45, 2.75) is 162 Å². The molecule has 0 spiro atoms. The van der Waals surface area contributed by atoms with Gasteiger partial charge < -0.3 is 9.90 Å². The molecule has 0 saturated heterocycles. The summed E-state index contributed by atoms with van der Waals surface area (Å²) < 4.78 is 0. The summed E-state index contributed by atoms with van der Waals surface area (Å²) in [6.07, 6.45) is 35.9. The number of aldehydes is 1. The second kappa shape index (κ2) is 32.6. The van der Waals surface area contributed by atoms with E-state index < -0.39 is 5.97 Å². The third-order valence-electron chi connectivity index (χ3n) is 6.40. The van der Waals surface area contributed by atoms with Gasteiger partial charge in [0.05, 0.1) is 5.92 Å². The molecule has 0 aromatic rings. The second-order valence-corrected chi connectivity index (χ2v) is 9.91. The summed E-state index contributed by atoms with van der Waals surface area (Å²) in [5, 5.41) is 9.13. The number of carbonyl (C=O) groups excluding carboxylic acids is 1. The Balaban J connectivity index is 0. The van der Waals surface area contributed by atoms with E-state index in [4.69, 9.17) is 5.11 Å². The maximum absolute atomic E-state index is 11.1. The Morgan fingerprint density at radius 1 is 0.543 bits per heavy atom. The van der Waals surface area contributed by atoms with Crippen molar-refractivity contribution in [1.29, 1.82) is 0 Å². The predicted molar refractivity (Wildman–Crippen MR) is 154 cm³/mol. The summed E-state index contributed by atoms with van der Waals surface area (Å²) in [6, 6.07) is 0. The lowest BCUT2D eigenvalue weighted by Gasteiger charge is -2.10. The van der Waals surface area contributed by atoms with Crippen molar-refractivity contribution >= 4 is 12.3 Å². The van der Waals surface area contributed by atoms with E-state index >= 15 is 0 Å². The Labute approximate surface area is 219 Å². The molecule has 3 nitrogen and oxygen atoms in total. The summed E-state index contributed by atoms with van der Waals surface area (Å²) in [6.45, 7) is 6.60. The maximum Gasteiger partial charge on any atom is 0.306 e. The molecular formula is C32H60O3. The van der Waals surface area contributed by atoms with Gasteiger partial charge in [-0.15, -0.1) is 0 Å². The highest BCUT2D eigenvalue weighted by molar-refractivity contribution is 5.69. The van der Waals surface area contributed by atoms with E-state index in [9.17, 15) is 9.59 Å². The molecule has 0 aromatic carbocycles. The zero-order chi connectivity index (χ0) is 26.2. The number of unbranched alkanes of at least 4 members (excludes halogenated alkanes) is 15. The standard InChI is InChI=1S/C18H34O2.C14H26O/c1-3-5-7-8-9-10-11-12-13-14-16-17(18(19)20)15-6-4-2;1-2-3-4-5-6-7-8-9-10-11-12-13-14-15/h10-11,17H,3-9,12-16H2,1-2H3,(H,19,20);7-8,14H,2-6,9-13H2,1H3. The first-order valence-electron chi connectivity index (χ1n) is 15.1. The van der Waals surface area contributed by atoms with Crippen molar-refractivity contribution in [3.63, 3.8) is 0 Å². The minimum Gasteiger partial charge on any atom is -0.481 e. The Morgan fingerprint density at radius 2 is 0.914 bits per heavy atom. The van der Waals surface area contributed by atoms with Crippen molar-refractivity contribution in [3.8, 4) is 0 Å². The van der Waals surface area contributed by atoms with Gasteiger partial charge in [0.15, 0.2) is 0 Å². The van der Waals surface area contributed by atoms with Crippen LogP contribution in [0.1, 0.15) is 162 Å². The van der Waals surface area contributed by atoms with Gasteiger partial charge in [-0.1, -0.05) is 109 Å². The van der Waals surface area contributed by atoms with Crippen LogP contribution in [0.25, 0.3) is 0 Å². The Hall–Kier alpha value is -1.38. The van der Waals surface area contributed by atoms with Crippen LogP contribution < -0.4 is 0 Å². The number of hydrogen-bond donors (Lipinski definition) is 1. The first-order chi connectivity index (χ1) is 17.1. The smallest absolute Gasteiger partial charge is 0.306 e. The molecule has 0 rings (SSSR count). The molecular weight excluding hydrogens is 432 g/mol. The largest absolute Gasteiger partial charge is 0.481 e. The number of hydrogen-bond acceptors (Lipinski definition) is 2. The van der Waals surface area contributed by atoms with Gasteiger partial charge in [-0.3, -0.25) is 4.79 Å². The lowest BCUT2D eigenvalue weighted by Crippen LogP contribution is -2.13. The minimum atomic E-state index is -0.607. The molecule has 0 amide bonds. The van der Waals surface area contributed by atoms with E-state index in [0.717, 1.165) is 64.1 Å². The fourth-order valence-electron chi connectivity index (χ4n) is 4.01. The van der Waals surface area contributed by atoms with E-state index in [1.54, 1.807) is 0 Å². The number of carboxylic acid groups (broad SMARTS) is 1. The molecule has 0 heterocycles. The van der Waals surface area contributed by atoms with Crippen molar-refractivity contribution in [3.05, 3.63) is 24.3 Å². The van der Waals surface area contributed by atoms with Crippen LogP contribution in [-0.4, -0.2) is 17.4 Å². The van der Waals surface area contributed by atoms with Crippen molar-refractivity contribution in [1.82, 2.24) is 0 Å². The molecule has 0 fully saturated rings. The van der Waals surface area contributed by atoms with Crippen molar-refractivity contribution < 1.29 is 14.7 Å². The molecule has 0 aliphatic rings. The monoisotopic (exact) mass is 492 g/mol. The van der Waals surface area contributed by atoms with Crippen LogP contribution in [0.4, 0.5) is 0 Å². The fourth-order valence-corrected chi connectivity index (χ4v) is 4.01. The summed E-state index contributed by atoms with van der Waals surface area (Å²) in [7, 11) is 0. The third-order valence-corrected chi connectivity index (χ3v) is 6.40. The average molecular weight is 493 g/mol. The second-order valence-electron chi connectivity index (χ2n) is 9.91. The first-order valence-corrected chi connectivity index (χ1v) is 15.1. The van der Waals surface area contributed by atoms with Gasteiger partial charge in [0.2, 0.25) is 0 Å². The molecule has 206 valence electrons. The molecule has 0 saturated carbocycles. The zero-order valence-electron chi connectivity index (χ0n) is 23.8. The van der Waals surface area contributed by atoms with Crippen LogP contribution >= 0.6 is 0 Å². The van der Waals surface area contributed by atoms with E-state index in [2.05, 4.69) is 45.1 Å². The quantitative estimate of drug-likeness (QED) is 0.0783. The SMILES string of the molecule is CCCCCCC=CCCCCC(CCCC)C(=O)O.CCCCCCC=CCCCCCC=O. The highest BCUT2D eigenvalue weighted by atomic mass is 16.4. The first kappa shape index (κ1) is 35.8. The molecule has 0 aliphatic heterocycles. The molecule has 0 aromatic heterocycles. The van der Waals surface area contributed by atoms with E-state index in [0.29, 0.717) is 0 Å². The predicted octanol–water partition coefficient (Wildman–Crippen LogP) is 10.6. The van der Waals surface area contributed by atoms with Gasteiger partial charge in [-0.05, 0) is 70.6 Å². The fraction of sp³-hybridized carbons (Fsp3) is 0.812. The summed E-state index contributed by atoms with van der Waals surface area (Å²) >= 11 is 0. The van der Waals surface area contributed by atoms with Crippen LogP contribution in [0.5, 0.6) is 0 Å². The molecule has 1 N–H and O–H groups in total. The van der Waals surface area contributed by atoms with Crippen molar-refractivity contribution in [2.24, 2.45) is 5.92 Å². The molecule has 1 atom stereocenters. The summed E-state index contributed by atoms with van der Waals surface area (Å²) in [4.78, 5) is 21.1. The van der Waals surface area contributed by atoms with Gasteiger partial charge in [-0.25, -0.2) is 0 Å². The number of carboxylic acids is 1. The van der Waals surface area contributed by atoms with Gasteiger partial charge >= 0.3 is 5.97 Å². The number of aliphatic carboxylic acids is 1. The molecule has 1 unspecified atom stereocenters. The minimum absolute atomic E-state index is 0.118. The van der Waals surface area contributed by atoms with Crippen LogP contribution in [0.3, 0.4) is 0 Å². The van der Waals surface area contributed by atoms with Gasteiger partial charge in [-0.2, -0.15) is 0 Å². The van der Waals surface area contributed by atoms with Crippen molar-refractivity contribution in [2.75, 3.05) is 0 Å². The van der Waals surface area contributed by atoms with Gasteiger partial charge in [0.25, 0.3) is 0 Å². The molecule has 0 aliphatic carbocycles. The Kier molecular flexibility index (Phi) is 33.3. The Morgan fingerprint density at radius 3 is 1.31 bits per heavy atom. The zero-order valence-corrected chi connectivity index (χ0v) is 23.8. The Bertz CT molecular complexity index is 481. The van der Waals surface area contributed by atoms with E-state index in [1.165, 1.54) is 83.5 Å². The van der Waals surface area contributed by atoms with Gasteiger partial charge in [0.1, 0.15) is 6.29 Å². The number of allylic oxidation sites excluding steroid dienone is 4. The highest BCUT2D eigenvalue weighted by Crippen LogP contribution is 2.17. The molecule has 3 heteroatoms. The summed E-state index contributed by atoms with van der Waals surface area (Å²) in [5.74, 6) is -0.724. The topological polar surface area (TPSA) is 54.4 Å². The summed E-state index contributed by atoms with van der Waals surface area (Å²) in [5.41, 5.74) is 0. The maximum atomic E-state index is 11.1. The lowest BCUT2D eigenvalue weighted by atomic mass is 9.95. The number of rotatable bonds is 25. The highest BCUT2D eigenvalue weighted by Gasteiger charge is 2.15. The molecule has 35 heavy (non-hydrogen) atoms. The molecule has 0 radical (unpaired) electrons. The third kappa shape index (κ3) is 32.6. The van der Waals surface area contributed by atoms with Crippen LogP contribution in [0.2, 0.25) is 0 Å². The van der Waals surface area contributed by atoms with E-state index in [1.807, 2.05) is 0 Å². The number of carbonyl (C=O) groups is 2. The lowest BCUT2D eigenvalue weighted by molar-refractivity contribution is -0.142. The van der Waals surface area contributed by atoms with Crippen LogP contribution in [-0.2, 0) is 9.59 Å². The normalized spacial score (nSPS) is 12.1. The van der Waals surface area contributed by atoms with Gasteiger partial charge in [0, 0.05) is 6.42 Å². The van der Waals surface area contributed by atoms with Crippen LogP contribution in [0.15, 0.2) is 24.3 Å². The average Bonchev–Trinajstić information content (AvgIpc) is 2.85. The molecule has 0 bridgehead atoms. The van der Waals surface area contributed by atoms with Crippen LogP contribution in [0, 0.1) is 5.92 Å². The van der Waals surface area contributed by atoms with E-state index in [-0.39, 0.29) is 5.92 Å².